The Labute approximate surface area is 92.0 Å². The van der Waals surface area contributed by atoms with E-state index in [4.69, 9.17) is 4.74 Å². The summed E-state index contributed by atoms with van der Waals surface area (Å²) >= 11 is 0. The molecule has 0 fully saturated rings. The van der Waals surface area contributed by atoms with Crippen LogP contribution in [0.4, 0.5) is 0 Å². The van der Waals surface area contributed by atoms with E-state index in [-0.39, 0.29) is 0 Å². The molecule has 0 aliphatic rings. The quantitative estimate of drug-likeness (QED) is 0.721. The molecule has 82 valence electrons. The number of nitrogens with one attached hydrogen (secondary N) is 1. The van der Waals surface area contributed by atoms with Crippen LogP contribution in [0.25, 0.3) is 0 Å². The van der Waals surface area contributed by atoms with Gasteiger partial charge < -0.3 is 10.1 Å². The summed E-state index contributed by atoms with van der Waals surface area (Å²) in [6, 6.07) is 8.54. The zero-order chi connectivity index (χ0) is 11.1. The summed E-state index contributed by atoms with van der Waals surface area (Å²) in [5.74, 6) is 0.926. The zero-order valence-corrected chi connectivity index (χ0v) is 9.49. The molecule has 2 heteroatoms. The summed E-state index contributed by atoms with van der Waals surface area (Å²) in [4.78, 5) is 0. The highest BCUT2D eigenvalue weighted by Gasteiger charge is 2.06. The molecule has 1 N–H and O–H groups in total. The van der Waals surface area contributed by atoms with Gasteiger partial charge in [0, 0.05) is 6.04 Å². The molecular formula is C13H19NO. The average molecular weight is 205 g/mol. The van der Waals surface area contributed by atoms with Gasteiger partial charge in [0.1, 0.15) is 5.75 Å². The molecule has 0 aliphatic heterocycles. The van der Waals surface area contributed by atoms with Gasteiger partial charge in [-0.25, -0.2) is 0 Å². The molecule has 0 aromatic heterocycles. The normalized spacial score (nSPS) is 12.1. The lowest BCUT2D eigenvalue weighted by molar-refractivity contribution is 0.340. The molecule has 2 nitrogen and oxygen atoms in total. The SMILES string of the molecule is C=CCC(NC)c1ccc(OCC)cc1. The van der Waals surface area contributed by atoms with Crippen molar-refractivity contribution in [2.45, 2.75) is 19.4 Å². The second-order valence-corrected chi connectivity index (χ2v) is 3.37. The fraction of sp³-hybridized carbons (Fsp3) is 0.385. The molecule has 0 radical (unpaired) electrons. The lowest BCUT2D eigenvalue weighted by Gasteiger charge is -2.14. The molecule has 1 unspecified atom stereocenters. The van der Waals surface area contributed by atoms with Crippen LogP contribution in [0.5, 0.6) is 5.75 Å². The minimum absolute atomic E-state index is 0.346. The van der Waals surface area contributed by atoms with Crippen LogP contribution in [0.3, 0.4) is 0 Å². The third-order valence-electron chi connectivity index (χ3n) is 2.34. The van der Waals surface area contributed by atoms with E-state index in [0.29, 0.717) is 12.6 Å². The summed E-state index contributed by atoms with van der Waals surface area (Å²) in [7, 11) is 1.96. The van der Waals surface area contributed by atoms with Crippen molar-refractivity contribution in [3.8, 4) is 5.75 Å². The van der Waals surface area contributed by atoms with Gasteiger partial charge in [-0.3, -0.25) is 0 Å². The predicted octanol–water partition coefficient (Wildman–Crippen LogP) is 2.92. The Balaban J connectivity index is 2.72. The Morgan fingerprint density at radius 1 is 1.40 bits per heavy atom. The lowest BCUT2D eigenvalue weighted by Crippen LogP contribution is -2.15. The number of ether oxygens (including phenoxy) is 1. The lowest BCUT2D eigenvalue weighted by atomic mass is 10.0. The highest BCUT2D eigenvalue weighted by atomic mass is 16.5. The summed E-state index contributed by atoms with van der Waals surface area (Å²) in [6.07, 6.45) is 2.86. The standard InChI is InChI=1S/C13H19NO/c1-4-6-13(14-3)11-7-9-12(10-8-11)15-5-2/h4,7-10,13-14H,1,5-6H2,2-3H3. The van der Waals surface area contributed by atoms with Gasteiger partial charge in [-0.2, -0.15) is 0 Å². The molecule has 0 heterocycles. The molecule has 15 heavy (non-hydrogen) atoms. The van der Waals surface area contributed by atoms with Crippen LogP contribution in [-0.4, -0.2) is 13.7 Å². The van der Waals surface area contributed by atoms with Crippen LogP contribution in [0, 0.1) is 0 Å². The van der Waals surface area contributed by atoms with Crippen LogP contribution in [-0.2, 0) is 0 Å². The van der Waals surface area contributed by atoms with Gasteiger partial charge in [0.15, 0.2) is 0 Å². The molecule has 0 aliphatic carbocycles. The minimum Gasteiger partial charge on any atom is -0.494 e. The molecule has 0 spiro atoms. The first kappa shape index (κ1) is 11.8. The van der Waals surface area contributed by atoms with Crippen LogP contribution < -0.4 is 10.1 Å². The van der Waals surface area contributed by atoms with E-state index in [0.717, 1.165) is 12.2 Å². The van der Waals surface area contributed by atoms with Gasteiger partial charge in [-0.05, 0) is 38.1 Å². The van der Waals surface area contributed by atoms with Crippen LogP contribution in [0.1, 0.15) is 24.9 Å². The molecule has 1 aromatic carbocycles. The van der Waals surface area contributed by atoms with Crippen molar-refractivity contribution in [1.82, 2.24) is 5.32 Å². The van der Waals surface area contributed by atoms with Crippen molar-refractivity contribution in [3.05, 3.63) is 42.5 Å². The predicted molar refractivity (Wildman–Crippen MR) is 64.2 cm³/mol. The largest absolute Gasteiger partial charge is 0.494 e. The zero-order valence-electron chi connectivity index (χ0n) is 9.49. The highest BCUT2D eigenvalue weighted by Crippen LogP contribution is 2.20. The summed E-state index contributed by atoms with van der Waals surface area (Å²) < 4.78 is 5.39. The van der Waals surface area contributed by atoms with Crippen molar-refractivity contribution in [2.24, 2.45) is 0 Å². The third-order valence-corrected chi connectivity index (χ3v) is 2.34. The first-order chi connectivity index (χ1) is 7.31. The van der Waals surface area contributed by atoms with Gasteiger partial charge in [-0.15, -0.1) is 6.58 Å². The Morgan fingerprint density at radius 2 is 2.07 bits per heavy atom. The highest BCUT2D eigenvalue weighted by molar-refractivity contribution is 5.29. The molecule has 0 bridgehead atoms. The number of hydrogen-bond donors (Lipinski definition) is 1. The van der Waals surface area contributed by atoms with E-state index in [1.54, 1.807) is 0 Å². The molecule has 0 saturated heterocycles. The maximum atomic E-state index is 5.39. The number of benzene rings is 1. The van der Waals surface area contributed by atoms with Crippen molar-refractivity contribution >= 4 is 0 Å². The van der Waals surface area contributed by atoms with Crippen LogP contribution >= 0.6 is 0 Å². The molecule has 0 saturated carbocycles. The molecular weight excluding hydrogens is 186 g/mol. The van der Waals surface area contributed by atoms with Gasteiger partial charge in [0.05, 0.1) is 6.61 Å². The van der Waals surface area contributed by atoms with Crippen LogP contribution in [0.2, 0.25) is 0 Å². The van der Waals surface area contributed by atoms with Crippen molar-refractivity contribution < 1.29 is 4.74 Å². The van der Waals surface area contributed by atoms with Crippen LogP contribution in [0.15, 0.2) is 36.9 Å². The van der Waals surface area contributed by atoms with Gasteiger partial charge in [-0.1, -0.05) is 18.2 Å². The summed E-state index contributed by atoms with van der Waals surface area (Å²) in [6.45, 7) is 6.45. The van der Waals surface area contributed by atoms with E-state index >= 15 is 0 Å². The fourth-order valence-corrected chi connectivity index (χ4v) is 1.55. The maximum Gasteiger partial charge on any atom is 0.119 e. The molecule has 0 amide bonds. The monoisotopic (exact) mass is 205 g/mol. The van der Waals surface area contributed by atoms with E-state index in [9.17, 15) is 0 Å². The minimum atomic E-state index is 0.346. The molecule has 1 atom stereocenters. The second-order valence-electron chi connectivity index (χ2n) is 3.37. The van der Waals surface area contributed by atoms with Crippen molar-refractivity contribution in [3.63, 3.8) is 0 Å². The Morgan fingerprint density at radius 3 is 2.53 bits per heavy atom. The van der Waals surface area contributed by atoms with E-state index in [2.05, 4.69) is 24.0 Å². The topological polar surface area (TPSA) is 21.3 Å². The van der Waals surface area contributed by atoms with Gasteiger partial charge >= 0.3 is 0 Å². The first-order valence-corrected chi connectivity index (χ1v) is 5.32. The van der Waals surface area contributed by atoms with Crippen molar-refractivity contribution in [2.75, 3.05) is 13.7 Å². The third kappa shape index (κ3) is 3.40. The average Bonchev–Trinajstić information content (AvgIpc) is 2.28. The molecule has 1 rings (SSSR count). The number of hydrogen-bond acceptors (Lipinski definition) is 2. The van der Waals surface area contributed by atoms with Gasteiger partial charge in [0.2, 0.25) is 0 Å². The maximum absolute atomic E-state index is 5.39. The summed E-state index contributed by atoms with van der Waals surface area (Å²) in [5, 5.41) is 3.26. The van der Waals surface area contributed by atoms with E-state index in [1.807, 2.05) is 32.2 Å². The fourth-order valence-electron chi connectivity index (χ4n) is 1.55. The van der Waals surface area contributed by atoms with E-state index < -0.39 is 0 Å². The van der Waals surface area contributed by atoms with Crippen molar-refractivity contribution in [1.29, 1.82) is 0 Å². The smallest absolute Gasteiger partial charge is 0.119 e. The molecule has 1 aromatic rings. The Hall–Kier alpha value is -1.28. The Bertz CT molecular complexity index is 292. The Kier molecular flexibility index (Phi) is 4.91. The first-order valence-electron chi connectivity index (χ1n) is 5.32. The van der Waals surface area contributed by atoms with Gasteiger partial charge in [0.25, 0.3) is 0 Å². The summed E-state index contributed by atoms with van der Waals surface area (Å²) in [5.41, 5.74) is 1.26. The number of rotatable bonds is 6. The second kappa shape index (κ2) is 6.25. The van der Waals surface area contributed by atoms with E-state index in [1.165, 1.54) is 5.56 Å².